The van der Waals surface area contributed by atoms with E-state index in [1.54, 1.807) is 7.11 Å². The lowest BCUT2D eigenvalue weighted by atomic mass is 10.0. The molecular formula is C14H18O2. The summed E-state index contributed by atoms with van der Waals surface area (Å²) in [5, 5.41) is 0. The van der Waals surface area contributed by atoms with E-state index in [0.29, 0.717) is 12.2 Å². The molecule has 0 N–H and O–H groups in total. The van der Waals surface area contributed by atoms with Gasteiger partial charge in [0.15, 0.2) is 5.78 Å². The monoisotopic (exact) mass is 218 g/mol. The van der Waals surface area contributed by atoms with E-state index in [0.717, 1.165) is 23.5 Å². The molecular weight excluding hydrogens is 200 g/mol. The van der Waals surface area contributed by atoms with Gasteiger partial charge in [0.25, 0.3) is 0 Å². The Kier molecular flexibility index (Phi) is 3.28. The van der Waals surface area contributed by atoms with E-state index in [-0.39, 0.29) is 5.78 Å². The van der Waals surface area contributed by atoms with Crippen LogP contribution < -0.4 is 4.74 Å². The highest BCUT2D eigenvalue weighted by atomic mass is 16.5. The zero-order valence-corrected chi connectivity index (χ0v) is 9.95. The summed E-state index contributed by atoms with van der Waals surface area (Å²) in [5.74, 6) is 1.72. The van der Waals surface area contributed by atoms with Crippen molar-refractivity contribution in [2.75, 3.05) is 7.11 Å². The van der Waals surface area contributed by atoms with Crippen LogP contribution in [0.1, 0.15) is 41.6 Å². The van der Waals surface area contributed by atoms with Gasteiger partial charge in [-0.25, -0.2) is 0 Å². The number of ether oxygens (including phenoxy) is 1. The van der Waals surface area contributed by atoms with Gasteiger partial charge in [-0.2, -0.15) is 0 Å². The molecule has 0 bridgehead atoms. The summed E-state index contributed by atoms with van der Waals surface area (Å²) < 4.78 is 5.22. The van der Waals surface area contributed by atoms with Gasteiger partial charge in [-0.05, 0) is 31.4 Å². The number of hydrogen-bond acceptors (Lipinski definition) is 2. The highest BCUT2D eigenvalue weighted by molar-refractivity contribution is 5.98. The first-order chi connectivity index (χ1) is 7.70. The second-order valence-electron chi connectivity index (χ2n) is 4.61. The van der Waals surface area contributed by atoms with E-state index in [1.165, 1.54) is 12.8 Å². The van der Waals surface area contributed by atoms with Gasteiger partial charge in [0, 0.05) is 6.42 Å². The molecule has 0 aromatic heterocycles. The molecule has 1 aromatic carbocycles. The second-order valence-corrected chi connectivity index (χ2v) is 4.61. The van der Waals surface area contributed by atoms with Crippen LogP contribution in [0.15, 0.2) is 18.2 Å². The number of rotatable bonds is 5. The predicted molar refractivity (Wildman–Crippen MR) is 64.0 cm³/mol. The van der Waals surface area contributed by atoms with Gasteiger partial charge in [0.1, 0.15) is 5.75 Å². The quantitative estimate of drug-likeness (QED) is 0.708. The number of carbonyl (C=O) groups excluding carboxylic acids is 1. The molecule has 0 heterocycles. The van der Waals surface area contributed by atoms with Crippen LogP contribution in [-0.2, 0) is 0 Å². The fourth-order valence-corrected chi connectivity index (χ4v) is 1.92. The normalized spacial score (nSPS) is 14.9. The van der Waals surface area contributed by atoms with Crippen molar-refractivity contribution in [1.82, 2.24) is 0 Å². The average molecular weight is 218 g/mol. The Morgan fingerprint density at radius 3 is 2.81 bits per heavy atom. The number of benzene rings is 1. The van der Waals surface area contributed by atoms with Crippen LogP contribution in [-0.4, -0.2) is 12.9 Å². The van der Waals surface area contributed by atoms with Crippen molar-refractivity contribution in [3.8, 4) is 5.75 Å². The fourth-order valence-electron chi connectivity index (χ4n) is 1.92. The molecule has 1 aliphatic rings. The van der Waals surface area contributed by atoms with E-state index in [9.17, 15) is 4.79 Å². The molecule has 16 heavy (non-hydrogen) atoms. The number of aryl methyl sites for hydroxylation is 1. The maximum absolute atomic E-state index is 12.0. The number of ketones is 1. The van der Waals surface area contributed by atoms with Crippen LogP contribution in [0, 0.1) is 12.8 Å². The van der Waals surface area contributed by atoms with Crippen molar-refractivity contribution in [1.29, 1.82) is 0 Å². The van der Waals surface area contributed by atoms with Gasteiger partial charge in [0.05, 0.1) is 12.7 Å². The SMILES string of the molecule is COc1ccc(C)cc1C(=O)CCC1CC1. The summed E-state index contributed by atoms with van der Waals surface area (Å²) in [4.78, 5) is 12.0. The number of hydrogen-bond donors (Lipinski definition) is 0. The number of Topliss-reactive ketones (excluding diaryl/α,β-unsaturated/α-hetero) is 1. The van der Waals surface area contributed by atoms with Gasteiger partial charge < -0.3 is 4.74 Å². The first-order valence-corrected chi connectivity index (χ1v) is 5.88. The Balaban J connectivity index is 2.09. The van der Waals surface area contributed by atoms with Crippen molar-refractivity contribution < 1.29 is 9.53 Å². The molecule has 2 heteroatoms. The van der Waals surface area contributed by atoms with E-state index < -0.39 is 0 Å². The third-order valence-electron chi connectivity index (χ3n) is 3.13. The molecule has 1 saturated carbocycles. The molecule has 0 atom stereocenters. The second kappa shape index (κ2) is 4.69. The van der Waals surface area contributed by atoms with Crippen molar-refractivity contribution >= 4 is 5.78 Å². The highest BCUT2D eigenvalue weighted by Gasteiger charge is 2.23. The van der Waals surface area contributed by atoms with Gasteiger partial charge in [-0.3, -0.25) is 4.79 Å². The molecule has 0 unspecified atom stereocenters. The molecule has 86 valence electrons. The third-order valence-corrected chi connectivity index (χ3v) is 3.13. The van der Waals surface area contributed by atoms with Crippen molar-refractivity contribution in [2.24, 2.45) is 5.92 Å². The van der Waals surface area contributed by atoms with Crippen LogP contribution in [0.5, 0.6) is 5.75 Å². The van der Waals surface area contributed by atoms with Crippen LogP contribution in [0.25, 0.3) is 0 Å². The van der Waals surface area contributed by atoms with Crippen LogP contribution in [0.4, 0.5) is 0 Å². The van der Waals surface area contributed by atoms with Crippen LogP contribution in [0.3, 0.4) is 0 Å². The molecule has 1 aromatic rings. The summed E-state index contributed by atoms with van der Waals surface area (Å²) in [6.45, 7) is 2.00. The molecule has 0 spiro atoms. The van der Waals surface area contributed by atoms with Crippen LogP contribution in [0.2, 0.25) is 0 Å². The number of carbonyl (C=O) groups is 1. The minimum absolute atomic E-state index is 0.215. The number of methoxy groups -OCH3 is 1. The van der Waals surface area contributed by atoms with E-state index in [4.69, 9.17) is 4.74 Å². The first-order valence-electron chi connectivity index (χ1n) is 5.88. The van der Waals surface area contributed by atoms with Gasteiger partial charge >= 0.3 is 0 Å². The molecule has 2 nitrogen and oxygen atoms in total. The van der Waals surface area contributed by atoms with Crippen molar-refractivity contribution in [3.63, 3.8) is 0 Å². The summed E-state index contributed by atoms with van der Waals surface area (Å²) >= 11 is 0. The fraction of sp³-hybridized carbons (Fsp3) is 0.500. The summed E-state index contributed by atoms with van der Waals surface area (Å²) in [5.41, 5.74) is 1.85. The smallest absolute Gasteiger partial charge is 0.166 e. The molecule has 0 saturated heterocycles. The minimum atomic E-state index is 0.215. The predicted octanol–water partition coefficient (Wildman–Crippen LogP) is 3.38. The zero-order valence-electron chi connectivity index (χ0n) is 9.95. The summed E-state index contributed by atoms with van der Waals surface area (Å²) in [7, 11) is 1.61. The first kappa shape index (κ1) is 11.2. The Morgan fingerprint density at radius 1 is 1.44 bits per heavy atom. The lowest BCUT2D eigenvalue weighted by Crippen LogP contribution is -2.03. The molecule has 1 fully saturated rings. The standard InChI is InChI=1S/C14H18O2/c1-10-3-8-14(16-2)12(9-10)13(15)7-6-11-4-5-11/h3,8-9,11H,4-7H2,1-2H3. The lowest BCUT2D eigenvalue weighted by Gasteiger charge is -2.08. The Morgan fingerprint density at radius 2 is 2.19 bits per heavy atom. The Labute approximate surface area is 96.6 Å². The maximum atomic E-state index is 12.0. The van der Waals surface area contributed by atoms with E-state index in [2.05, 4.69) is 0 Å². The third kappa shape index (κ3) is 2.63. The highest BCUT2D eigenvalue weighted by Crippen LogP contribution is 2.34. The van der Waals surface area contributed by atoms with E-state index in [1.807, 2.05) is 25.1 Å². The van der Waals surface area contributed by atoms with Gasteiger partial charge in [-0.1, -0.05) is 24.5 Å². The van der Waals surface area contributed by atoms with Crippen molar-refractivity contribution in [3.05, 3.63) is 29.3 Å². The summed E-state index contributed by atoms with van der Waals surface area (Å²) in [6, 6.07) is 5.77. The topological polar surface area (TPSA) is 26.3 Å². The van der Waals surface area contributed by atoms with Gasteiger partial charge in [0.2, 0.25) is 0 Å². The Bertz CT molecular complexity index is 392. The molecule has 0 amide bonds. The largest absolute Gasteiger partial charge is 0.496 e. The summed E-state index contributed by atoms with van der Waals surface area (Å²) in [6.07, 6.45) is 4.30. The molecule has 1 aliphatic carbocycles. The maximum Gasteiger partial charge on any atom is 0.166 e. The van der Waals surface area contributed by atoms with Crippen molar-refractivity contribution in [2.45, 2.75) is 32.6 Å². The van der Waals surface area contributed by atoms with E-state index >= 15 is 0 Å². The lowest BCUT2D eigenvalue weighted by molar-refractivity contribution is 0.0975. The Hall–Kier alpha value is -1.31. The average Bonchev–Trinajstić information content (AvgIpc) is 3.09. The molecule has 0 radical (unpaired) electrons. The van der Waals surface area contributed by atoms with Gasteiger partial charge in [-0.15, -0.1) is 0 Å². The molecule has 0 aliphatic heterocycles. The zero-order chi connectivity index (χ0) is 11.5. The molecule has 2 rings (SSSR count). The minimum Gasteiger partial charge on any atom is -0.496 e. The van der Waals surface area contributed by atoms with Crippen LogP contribution >= 0.6 is 0 Å².